The lowest BCUT2D eigenvalue weighted by atomic mass is 10.1. The Hall–Kier alpha value is -0.853. The van der Waals surface area contributed by atoms with Gasteiger partial charge in [-0.2, -0.15) is 0 Å². The van der Waals surface area contributed by atoms with Crippen molar-refractivity contribution in [2.24, 2.45) is 0 Å². The number of amides is 1. The first-order valence-electron chi connectivity index (χ1n) is 8.68. The van der Waals surface area contributed by atoms with Crippen LogP contribution in [0, 0.1) is 0 Å². The Balaban J connectivity index is 2.55. The molecule has 0 spiro atoms. The average molecular weight is 358 g/mol. The zero-order valence-electron chi connectivity index (χ0n) is 16.7. The third kappa shape index (κ3) is 6.57. The summed E-state index contributed by atoms with van der Waals surface area (Å²) in [6.45, 7) is 19.2. The molecular formula is C18H35NO4Si. The summed E-state index contributed by atoms with van der Waals surface area (Å²) in [5, 5.41) is 3.02. The highest BCUT2D eigenvalue weighted by Gasteiger charge is 2.38. The maximum absolute atomic E-state index is 11.9. The van der Waals surface area contributed by atoms with Crippen LogP contribution in [0.25, 0.3) is 0 Å². The standard InChI is InChI=1S/C18H35NO4Si/c1-13-15(19-16(20)23-17(2,3)4)11-10-14(22-13)12-21-24(8,9)18(5,6)7/h10-11,13-15H,12H2,1-9H3,(H,19,20)/t13-,14+,15-/m1/s1. The monoisotopic (exact) mass is 357 g/mol. The maximum Gasteiger partial charge on any atom is 0.408 e. The molecule has 0 aromatic carbocycles. The fourth-order valence-corrected chi connectivity index (χ4v) is 3.03. The van der Waals surface area contributed by atoms with Gasteiger partial charge in [-0.05, 0) is 45.8 Å². The molecule has 1 amide bonds. The molecule has 1 aliphatic heterocycles. The van der Waals surface area contributed by atoms with Crippen molar-refractivity contribution in [2.75, 3.05) is 6.61 Å². The third-order valence-electron chi connectivity index (χ3n) is 4.53. The van der Waals surface area contributed by atoms with Gasteiger partial charge in [0.25, 0.3) is 0 Å². The second-order valence-corrected chi connectivity index (χ2v) is 13.8. The number of alkyl carbamates (subject to hydrolysis) is 1. The van der Waals surface area contributed by atoms with Gasteiger partial charge >= 0.3 is 6.09 Å². The first-order chi connectivity index (χ1) is 10.7. The summed E-state index contributed by atoms with van der Waals surface area (Å²) in [6.07, 6.45) is 3.30. The second-order valence-electron chi connectivity index (χ2n) is 9.01. The Morgan fingerprint density at radius 3 is 2.21 bits per heavy atom. The number of hydrogen-bond acceptors (Lipinski definition) is 4. The van der Waals surface area contributed by atoms with E-state index in [0.29, 0.717) is 6.61 Å². The SMILES string of the molecule is C[C@H]1O[C@H](CO[Si](C)(C)C(C)(C)C)C=C[C@H]1NC(=O)OC(C)(C)C. The quantitative estimate of drug-likeness (QED) is 0.604. The minimum atomic E-state index is -1.78. The summed E-state index contributed by atoms with van der Waals surface area (Å²) in [4.78, 5) is 11.9. The van der Waals surface area contributed by atoms with E-state index in [1.165, 1.54) is 0 Å². The Labute approximate surface area is 148 Å². The molecule has 5 nitrogen and oxygen atoms in total. The summed E-state index contributed by atoms with van der Waals surface area (Å²) in [5.41, 5.74) is -0.508. The Kier molecular flexibility index (Phi) is 6.69. The molecule has 6 heteroatoms. The van der Waals surface area contributed by atoms with Crippen LogP contribution in [0.3, 0.4) is 0 Å². The van der Waals surface area contributed by atoms with Gasteiger partial charge in [-0.15, -0.1) is 0 Å². The summed E-state index contributed by atoms with van der Waals surface area (Å²) in [5.74, 6) is 0. The summed E-state index contributed by atoms with van der Waals surface area (Å²) in [6, 6.07) is -0.191. The van der Waals surface area contributed by atoms with Crippen LogP contribution in [0.5, 0.6) is 0 Å². The summed E-state index contributed by atoms with van der Waals surface area (Å²) < 4.78 is 17.5. The molecule has 0 fully saturated rings. The predicted octanol–water partition coefficient (Wildman–Crippen LogP) is 4.25. The number of hydrogen-bond donors (Lipinski definition) is 1. The molecule has 1 N–H and O–H groups in total. The normalized spacial score (nSPS) is 25.5. The topological polar surface area (TPSA) is 56.8 Å². The highest BCUT2D eigenvalue weighted by atomic mass is 28.4. The molecule has 0 radical (unpaired) electrons. The number of rotatable bonds is 4. The van der Waals surface area contributed by atoms with Crippen LogP contribution in [0.4, 0.5) is 4.79 Å². The van der Waals surface area contributed by atoms with Gasteiger partial charge in [0.05, 0.1) is 24.9 Å². The van der Waals surface area contributed by atoms with Crippen molar-refractivity contribution in [1.29, 1.82) is 0 Å². The van der Waals surface area contributed by atoms with Crippen LogP contribution >= 0.6 is 0 Å². The van der Waals surface area contributed by atoms with Gasteiger partial charge in [-0.1, -0.05) is 32.9 Å². The van der Waals surface area contributed by atoms with Crippen LogP contribution in [-0.2, 0) is 13.9 Å². The van der Waals surface area contributed by atoms with E-state index < -0.39 is 20.0 Å². The van der Waals surface area contributed by atoms with E-state index in [4.69, 9.17) is 13.9 Å². The molecule has 0 saturated heterocycles. The van der Waals surface area contributed by atoms with Crippen LogP contribution in [-0.4, -0.2) is 44.9 Å². The minimum Gasteiger partial charge on any atom is -0.444 e. The van der Waals surface area contributed by atoms with Crippen molar-refractivity contribution >= 4 is 14.4 Å². The van der Waals surface area contributed by atoms with Gasteiger partial charge in [0, 0.05) is 0 Å². The summed E-state index contributed by atoms with van der Waals surface area (Å²) >= 11 is 0. The minimum absolute atomic E-state index is 0.0780. The molecule has 140 valence electrons. The number of carbonyl (C=O) groups is 1. The highest BCUT2D eigenvalue weighted by molar-refractivity contribution is 6.74. The Bertz CT molecular complexity index is 463. The van der Waals surface area contributed by atoms with Crippen molar-refractivity contribution in [1.82, 2.24) is 5.32 Å². The van der Waals surface area contributed by atoms with Crippen LogP contribution in [0.1, 0.15) is 48.5 Å². The van der Waals surface area contributed by atoms with Crippen molar-refractivity contribution in [3.05, 3.63) is 12.2 Å². The maximum atomic E-state index is 11.9. The Morgan fingerprint density at radius 2 is 1.75 bits per heavy atom. The lowest BCUT2D eigenvalue weighted by Crippen LogP contribution is -2.48. The fraction of sp³-hybridized carbons (Fsp3) is 0.833. The fourth-order valence-electron chi connectivity index (χ4n) is 2.02. The van der Waals surface area contributed by atoms with Gasteiger partial charge < -0.3 is 19.2 Å². The van der Waals surface area contributed by atoms with E-state index in [-0.39, 0.29) is 23.3 Å². The molecule has 0 saturated carbocycles. The molecule has 0 aromatic rings. The highest BCUT2D eigenvalue weighted by Crippen LogP contribution is 2.36. The molecule has 1 heterocycles. The van der Waals surface area contributed by atoms with E-state index in [1.807, 2.05) is 39.8 Å². The van der Waals surface area contributed by atoms with E-state index in [2.05, 4.69) is 39.2 Å². The summed E-state index contributed by atoms with van der Waals surface area (Å²) in [7, 11) is -1.78. The van der Waals surface area contributed by atoms with Gasteiger partial charge in [0.1, 0.15) is 5.60 Å². The molecule has 1 rings (SSSR count). The molecule has 0 unspecified atom stereocenters. The van der Waals surface area contributed by atoms with Crippen molar-refractivity contribution in [3.8, 4) is 0 Å². The molecule has 1 aliphatic rings. The average Bonchev–Trinajstić information content (AvgIpc) is 2.36. The van der Waals surface area contributed by atoms with Crippen molar-refractivity contribution < 1.29 is 18.7 Å². The van der Waals surface area contributed by atoms with Gasteiger partial charge in [-0.3, -0.25) is 0 Å². The van der Waals surface area contributed by atoms with Crippen LogP contribution in [0.15, 0.2) is 12.2 Å². The zero-order chi connectivity index (χ0) is 18.8. The first kappa shape index (κ1) is 21.2. The van der Waals surface area contributed by atoms with E-state index in [0.717, 1.165) is 0 Å². The Morgan fingerprint density at radius 1 is 1.17 bits per heavy atom. The largest absolute Gasteiger partial charge is 0.444 e. The van der Waals surface area contributed by atoms with Gasteiger partial charge in [0.2, 0.25) is 0 Å². The number of nitrogens with one attached hydrogen (secondary N) is 1. The molecule has 0 aliphatic carbocycles. The van der Waals surface area contributed by atoms with E-state index in [9.17, 15) is 4.79 Å². The zero-order valence-corrected chi connectivity index (χ0v) is 17.7. The third-order valence-corrected chi connectivity index (χ3v) is 9.03. The lowest BCUT2D eigenvalue weighted by Gasteiger charge is -2.38. The molecule has 3 atom stereocenters. The van der Waals surface area contributed by atoms with Gasteiger partial charge in [-0.25, -0.2) is 4.79 Å². The number of ether oxygens (including phenoxy) is 2. The number of carbonyl (C=O) groups excluding carboxylic acids is 1. The lowest BCUT2D eigenvalue weighted by molar-refractivity contribution is -0.0240. The molecule has 24 heavy (non-hydrogen) atoms. The molecule has 0 aromatic heterocycles. The first-order valence-corrected chi connectivity index (χ1v) is 11.6. The van der Waals surface area contributed by atoms with Crippen LogP contribution in [0.2, 0.25) is 18.1 Å². The smallest absolute Gasteiger partial charge is 0.408 e. The predicted molar refractivity (Wildman–Crippen MR) is 99.8 cm³/mol. The van der Waals surface area contributed by atoms with Crippen molar-refractivity contribution in [2.45, 2.75) is 90.4 Å². The second kappa shape index (κ2) is 7.58. The molecule has 0 bridgehead atoms. The van der Waals surface area contributed by atoms with Crippen molar-refractivity contribution in [3.63, 3.8) is 0 Å². The molecular weight excluding hydrogens is 322 g/mol. The van der Waals surface area contributed by atoms with Crippen LogP contribution < -0.4 is 5.32 Å². The van der Waals surface area contributed by atoms with E-state index >= 15 is 0 Å². The van der Waals surface area contributed by atoms with E-state index in [1.54, 1.807) is 0 Å². The van der Waals surface area contributed by atoms with Gasteiger partial charge in [0.15, 0.2) is 8.32 Å².